The Morgan fingerprint density at radius 3 is 2.31 bits per heavy atom. The Hall–Kier alpha value is -3.37. The van der Waals surface area contributed by atoms with Crippen LogP contribution in [-0.4, -0.2) is 31.1 Å². The minimum absolute atomic E-state index is 0.191. The second-order valence-electron chi connectivity index (χ2n) is 6.11. The lowest BCUT2D eigenvalue weighted by Crippen LogP contribution is -2.45. The van der Waals surface area contributed by atoms with E-state index in [9.17, 15) is 31.5 Å². The van der Waals surface area contributed by atoms with Crippen molar-refractivity contribution in [1.82, 2.24) is 10.6 Å². The lowest BCUT2D eigenvalue weighted by atomic mass is 9.93. The molecule has 3 rings (SSSR count). The van der Waals surface area contributed by atoms with Gasteiger partial charge in [0, 0.05) is 35.8 Å². The Morgan fingerprint density at radius 2 is 1.72 bits per heavy atom. The fourth-order valence-electron chi connectivity index (χ4n) is 2.98. The summed E-state index contributed by atoms with van der Waals surface area (Å²) in [5.74, 6) is -5.45. The van der Waals surface area contributed by atoms with Crippen LogP contribution in [0, 0.1) is 17.5 Å². The molecule has 0 radical (unpaired) electrons. The van der Waals surface area contributed by atoms with Gasteiger partial charge in [-0.15, -0.1) is 0 Å². The van der Waals surface area contributed by atoms with Crippen LogP contribution in [0.5, 0.6) is 5.75 Å². The van der Waals surface area contributed by atoms with Gasteiger partial charge >= 0.3 is 12.6 Å². The Balaban J connectivity index is 1.78. The van der Waals surface area contributed by atoms with Gasteiger partial charge in [0.25, 0.3) is 0 Å². The summed E-state index contributed by atoms with van der Waals surface area (Å²) in [6.07, 6.45) is 0. The van der Waals surface area contributed by atoms with Crippen LogP contribution >= 0.6 is 0 Å². The molecule has 0 spiro atoms. The summed E-state index contributed by atoms with van der Waals surface area (Å²) >= 11 is 0. The lowest BCUT2D eigenvalue weighted by molar-refractivity contribution is -0.120. The third-order valence-electron chi connectivity index (χ3n) is 4.22. The Labute approximate surface area is 161 Å². The molecule has 2 atom stereocenters. The standard InChI is InChI=1S/C18H14F5N3O3/c19-8-1-3-9(4-2-8)25-18(28)26-15-11(7-24-16(15)27)14-12(20)5-10(6-13(14)21)29-17(22)23/h1-6,11,15,17H,7H2,(H,24,27)(H2,25,26,28)/t11-,15-/m0/s1. The Morgan fingerprint density at radius 1 is 1.10 bits per heavy atom. The van der Waals surface area contributed by atoms with E-state index in [2.05, 4.69) is 20.7 Å². The smallest absolute Gasteiger partial charge is 0.387 e. The quantitative estimate of drug-likeness (QED) is 0.657. The topological polar surface area (TPSA) is 79.5 Å². The zero-order chi connectivity index (χ0) is 21.1. The SMILES string of the molecule is O=C(Nc1ccc(F)cc1)N[C@@H]1C(=O)NC[C@H]1c1c(F)cc(OC(F)F)cc1F. The molecule has 154 valence electrons. The number of alkyl halides is 2. The first-order chi connectivity index (χ1) is 13.7. The molecule has 0 aromatic heterocycles. The first kappa shape index (κ1) is 20.4. The fourth-order valence-corrected chi connectivity index (χ4v) is 2.98. The zero-order valence-electron chi connectivity index (χ0n) is 14.5. The van der Waals surface area contributed by atoms with Crippen molar-refractivity contribution in [1.29, 1.82) is 0 Å². The molecule has 1 aliphatic rings. The Bertz CT molecular complexity index is 900. The molecular formula is C18H14F5N3O3. The number of hydrogen-bond donors (Lipinski definition) is 3. The Kier molecular flexibility index (Phi) is 5.85. The number of halogens is 5. The van der Waals surface area contributed by atoms with Crippen LogP contribution in [0.3, 0.4) is 0 Å². The number of urea groups is 1. The maximum atomic E-state index is 14.4. The van der Waals surface area contributed by atoms with Crippen molar-refractivity contribution < 1.29 is 36.3 Å². The average Bonchev–Trinajstić information content (AvgIpc) is 2.96. The van der Waals surface area contributed by atoms with Gasteiger partial charge < -0.3 is 20.7 Å². The molecule has 29 heavy (non-hydrogen) atoms. The molecule has 1 heterocycles. The normalized spacial score (nSPS) is 18.5. The monoisotopic (exact) mass is 415 g/mol. The van der Waals surface area contributed by atoms with E-state index < -0.39 is 59.3 Å². The molecule has 2 aromatic carbocycles. The molecular weight excluding hydrogens is 401 g/mol. The third kappa shape index (κ3) is 4.73. The third-order valence-corrected chi connectivity index (χ3v) is 4.22. The molecule has 0 unspecified atom stereocenters. The second-order valence-corrected chi connectivity index (χ2v) is 6.11. The van der Waals surface area contributed by atoms with E-state index in [1.54, 1.807) is 0 Å². The van der Waals surface area contributed by atoms with Crippen LogP contribution in [0.4, 0.5) is 32.4 Å². The summed E-state index contributed by atoms with van der Waals surface area (Å²) in [5, 5.41) is 7.04. The van der Waals surface area contributed by atoms with Gasteiger partial charge in [-0.2, -0.15) is 8.78 Å². The number of benzene rings is 2. The molecule has 11 heteroatoms. The van der Waals surface area contributed by atoms with Crippen molar-refractivity contribution in [3.05, 3.63) is 59.4 Å². The number of anilines is 1. The molecule has 1 fully saturated rings. The highest BCUT2D eigenvalue weighted by molar-refractivity contribution is 5.95. The second kappa shape index (κ2) is 8.33. The summed E-state index contributed by atoms with van der Waals surface area (Å²) in [4.78, 5) is 24.2. The number of nitrogens with one attached hydrogen (secondary N) is 3. The van der Waals surface area contributed by atoms with Crippen molar-refractivity contribution in [2.45, 2.75) is 18.6 Å². The van der Waals surface area contributed by atoms with Crippen LogP contribution in [-0.2, 0) is 4.79 Å². The van der Waals surface area contributed by atoms with Crippen LogP contribution < -0.4 is 20.7 Å². The van der Waals surface area contributed by atoms with Crippen LogP contribution in [0.1, 0.15) is 11.5 Å². The minimum atomic E-state index is -3.26. The molecule has 0 saturated carbocycles. The number of carbonyl (C=O) groups is 2. The highest BCUT2D eigenvalue weighted by atomic mass is 19.3. The summed E-state index contributed by atoms with van der Waals surface area (Å²) in [6.45, 7) is -3.46. The highest BCUT2D eigenvalue weighted by Gasteiger charge is 2.40. The first-order valence-electron chi connectivity index (χ1n) is 8.29. The predicted octanol–water partition coefficient (Wildman–Crippen LogP) is 3.11. The van der Waals surface area contributed by atoms with Crippen LogP contribution in [0.25, 0.3) is 0 Å². The molecule has 0 bridgehead atoms. The van der Waals surface area contributed by atoms with E-state index in [-0.39, 0.29) is 12.2 Å². The summed E-state index contributed by atoms with van der Waals surface area (Å²) in [5.41, 5.74) is -0.332. The minimum Gasteiger partial charge on any atom is -0.435 e. The number of amides is 3. The summed E-state index contributed by atoms with van der Waals surface area (Å²) in [7, 11) is 0. The van der Waals surface area contributed by atoms with E-state index in [0.29, 0.717) is 12.1 Å². The van der Waals surface area contributed by atoms with E-state index in [1.165, 1.54) is 12.1 Å². The molecule has 2 aromatic rings. The van der Waals surface area contributed by atoms with Crippen molar-refractivity contribution in [2.75, 3.05) is 11.9 Å². The van der Waals surface area contributed by atoms with Gasteiger partial charge in [0.2, 0.25) is 5.91 Å². The summed E-state index contributed by atoms with van der Waals surface area (Å²) < 4.78 is 70.1. The maximum absolute atomic E-state index is 14.4. The summed E-state index contributed by atoms with van der Waals surface area (Å²) in [6, 6.07) is 3.72. The van der Waals surface area contributed by atoms with Gasteiger partial charge in [-0.3, -0.25) is 4.79 Å². The van der Waals surface area contributed by atoms with Crippen molar-refractivity contribution in [3.8, 4) is 5.75 Å². The van der Waals surface area contributed by atoms with Crippen molar-refractivity contribution >= 4 is 17.6 Å². The van der Waals surface area contributed by atoms with E-state index in [0.717, 1.165) is 12.1 Å². The van der Waals surface area contributed by atoms with Crippen LogP contribution in [0.15, 0.2) is 36.4 Å². The van der Waals surface area contributed by atoms with E-state index >= 15 is 0 Å². The van der Waals surface area contributed by atoms with Crippen molar-refractivity contribution in [3.63, 3.8) is 0 Å². The van der Waals surface area contributed by atoms with Gasteiger partial charge in [0.1, 0.15) is 29.2 Å². The van der Waals surface area contributed by atoms with Gasteiger partial charge in [-0.05, 0) is 24.3 Å². The van der Waals surface area contributed by atoms with Gasteiger partial charge in [0.15, 0.2) is 0 Å². The van der Waals surface area contributed by atoms with Gasteiger partial charge in [0.05, 0.1) is 0 Å². The number of rotatable bonds is 5. The molecule has 1 aliphatic heterocycles. The van der Waals surface area contributed by atoms with Crippen LogP contribution in [0.2, 0.25) is 0 Å². The first-order valence-corrected chi connectivity index (χ1v) is 8.29. The predicted molar refractivity (Wildman–Crippen MR) is 91.1 cm³/mol. The number of ether oxygens (including phenoxy) is 1. The fraction of sp³-hybridized carbons (Fsp3) is 0.222. The molecule has 6 nitrogen and oxygen atoms in total. The molecule has 3 amide bonds. The number of hydrogen-bond acceptors (Lipinski definition) is 3. The maximum Gasteiger partial charge on any atom is 0.387 e. The largest absolute Gasteiger partial charge is 0.435 e. The van der Waals surface area contributed by atoms with Gasteiger partial charge in [-0.25, -0.2) is 18.0 Å². The molecule has 0 aliphatic carbocycles. The van der Waals surface area contributed by atoms with E-state index in [1.807, 2.05) is 0 Å². The van der Waals surface area contributed by atoms with Gasteiger partial charge in [-0.1, -0.05) is 0 Å². The lowest BCUT2D eigenvalue weighted by Gasteiger charge is -2.20. The van der Waals surface area contributed by atoms with E-state index in [4.69, 9.17) is 0 Å². The molecule has 3 N–H and O–H groups in total. The van der Waals surface area contributed by atoms with Crippen molar-refractivity contribution in [2.24, 2.45) is 0 Å². The molecule has 1 saturated heterocycles. The number of carbonyl (C=O) groups excluding carboxylic acids is 2. The zero-order valence-corrected chi connectivity index (χ0v) is 14.5. The highest BCUT2D eigenvalue weighted by Crippen LogP contribution is 2.32. The average molecular weight is 415 g/mol.